The van der Waals surface area contributed by atoms with Crippen LogP contribution >= 0.6 is 0 Å². The Morgan fingerprint density at radius 2 is 1.75 bits per heavy atom. The topological polar surface area (TPSA) is 95.9 Å². The number of nitrogens with one attached hydrogen (secondary N) is 1. The molecule has 1 aliphatic rings. The number of aromatic carboxylic acids is 1. The number of rotatable bonds is 3. The van der Waals surface area contributed by atoms with Crippen molar-refractivity contribution in [3.8, 4) is 0 Å². The molecule has 1 heterocycles. The van der Waals surface area contributed by atoms with Crippen LogP contribution in [-0.2, 0) is 16.0 Å². The Morgan fingerprint density at radius 1 is 1.11 bits per heavy atom. The monoisotopic (exact) mass is 382 g/mol. The van der Waals surface area contributed by atoms with Gasteiger partial charge in [-0.2, -0.15) is 0 Å². The molecule has 28 heavy (non-hydrogen) atoms. The summed E-state index contributed by atoms with van der Waals surface area (Å²) in [7, 11) is 0. The molecule has 2 N–H and O–H groups in total. The van der Waals surface area contributed by atoms with Gasteiger partial charge >= 0.3 is 12.1 Å². The Bertz CT molecular complexity index is 915. The molecular formula is C21H22N2O5. The zero-order valence-electron chi connectivity index (χ0n) is 15.9. The molecule has 0 radical (unpaired) electrons. The minimum atomic E-state index is -1.04. The molecule has 1 atom stereocenters. The van der Waals surface area contributed by atoms with Crippen molar-refractivity contribution in [1.29, 1.82) is 0 Å². The third-order valence-electron chi connectivity index (χ3n) is 4.24. The van der Waals surface area contributed by atoms with Crippen LogP contribution in [-0.4, -0.2) is 34.7 Å². The molecule has 146 valence electrons. The standard InChI is InChI=1S/C21H22N2O5/c1-21(2,3)28-20(27)22-16-12-14-6-4-5-7-17(14)23(18(16)24)15-10-8-13(9-11-15)19(25)26/h4-11,16H,12H2,1-3H3,(H,22,27)(H,25,26). The van der Waals surface area contributed by atoms with Gasteiger partial charge in [-0.05, 0) is 56.7 Å². The second-order valence-electron chi connectivity index (χ2n) is 7.56. The number of ether oxygens (including phenoxy) is 1. The number of nitrogens with zero attached hydrogens (tertiary/aromatic N) is 1. The minimum absolute atomic E-state index is 0.130. The van der Waals surface area contributed by atoms with Crippen molar-refractivity contribution >= 4 is 29.3 Å². The van der Waals surface area contributed by atoms with E-state index in [-0.39, 0.29) is 11.5 Å². The third kappa shape index (κ3) is 4.14. The number of hydrogen-bond donors (Lipinski definition) is 2. The number of amides is 2. The van der Waals surface area contributed by atoms with Crippen molar-refractivity contribution < 1.29 is 24.2 Å². The number of carboxylic acids is 1. The van der Waals surface area contributed by atoms with E-state index in [2.05, 4.69) is 5.32 Å². The van der Waals surface area contributed by atoms with E-state index in [0.29, 0.717) is 17.8 Å². The van der Waals surface area contributed by atoms with Crippen LogP contribution in [0.4, 0.5) is 16.2 Å². The van der Waals surface area contributed by atoms with E-state index in [1.165, 1.54) is 17.0 Å². The Hall–Kier alpha value is -3.35. The Kier molecular flexibility index (Phi) is 5.09. The molecule has 2 amide bonds. The molecule has 0 aliphatic carbocycles. The van der Waals surface area contributed by atoms with Crippen LogP contribution in [0.2, 0.25) is 0 Å². The first-order valence-electron chi connectivity index (χ1n) is 8.90. The van der Waals surface area contributed by atoms with Crippen molar-refractivity contribution in [3.05, 3.63) is 59.7 Å². The van der Waals surface area contributed by atoms with E-state index in [9.17, 15) is 14.4 Å². The fourth-order valence-corrected chi connectivity index (χ4v) is 3.07. The van der Waals surface area contributed by atoms with Gasteiger partial charge in [-0.25, -0.2) is 9.59 Å². The van der Waals surface area contributed by atoms with E-state index in [0.717, 1.165) is 5.56 Å². The third-order valence-corrected chi connectivity index (χ3v) is 4.24. The molecule has 0 saturated carbocycles. The van der Waals surface area contributed by atoms with Gasteiger partial charge in [0.15, 0.2) is 0 Å². The predicted octanol–water partition coefficient (Wildman–Crippen LogP) is 3.50. The van der Waals surface area contributed by atoms with Crippen molar-refractivity contribution in [3.63, 3.8) is 0 Å². The summed E-state index contributed by atoms with van der Waals surface area (Å²) in [5.41, 5.74) is 1.58. The Balaban J connectivity index is 1.93. The first kappa shape index (κ1) is 19.4. The van der Waals surface area contributed by atoms with Gasteiger partial charge in [-0.3, -0.25) is 9.69 Å². The van der Waals surface area contributed by atoms with Crippen LogP contribution in [0.3, 0.4) is 0 Å². The lowest BCUT2D eigenvalue weighted by atomic mass is 9.96. The maximum absolute atomic E-state index is 13.1. The molecule has 0 saturated heterocycles. The van der Waals surface area contributed by atoms with E-state index in [1.54, 1.807) is 32.9 Å². The molecule has 2 aromatic rings. The summed E-state index contributed by atoms with van der Waals surface area (Å²) >= 11 is 0. The highest BCUT2D eigenvalue weighted by Crippen LogP contribution is 2.34. The predicted molar refractivity (Wildman–Crippen MR) is 104 cm³/mol. The van der Waals surface area contributed by atoms with Crippen molar-refractivity contribution in [2.45, 2.75) is 38.8 Å². The molecule has 3 rings (SSSR count). The molecule has 0 bridgehead atoms. The summed E-state index contributed by atoms with van der Waals surface area (Å²) in [6, 6.07) is 12.7. The molecule has 1 aliphatic heterocycles. The largest absolute Gasteiger partial charge is 0.478 e. The quantitative estimate of drug-likeness (QED) is 0.847. The number of hydrogen-bond acceptors (Lipinski definition) is 4. The van der Waals surface area contributed by atoms with Crippen LogP contribution in [0, 0.1) is 0 Å². The summed E-state index contributed by atoms with van der Waals surface area (Å²) in [4.78, 5) is 37.9. The Morgan fingerprint density at radius 3 is 2.36 bits per heavy atom. The lowest BCUT2D eigenvalue weighted by molar-refractivity contribution is -0.120. The van der Waals surface area contributed by atoms with Gasteiger partial charge in [0.25, 0.3) is 5.91 Å². The lowest BCUT2D eigenvalue weighted by Gasteiger charge is -2.34. The van der Waals surface area contributed by atoms with Crippen LogP contribution in [0.1, 0.15) is 36.7 Å². The lowest BCUT2D eigenvalue weighted by Crippen LogP contribution is -2.52. The van der Waals surface area contributed by atoms with Gasteiger partial charge in [0.05, 0.1) is 11.3 Å². The van der Waals surface area contributed by atoms with E-state index >= 15 is 0 Å². The number of anilines is 2. The highest BCUT2D eigenvalue weighted by Gasteiger charge is 2.35. The number of benzene rings is 2. The SMILES string of the molecule is CC(C)(C)OC(=O)NC1Cc2ccccc2N(c2ccc(C(=O)O)cc2)C1=O. The van der Waals surface area contributed by atoms with Gasteiger partial charge in [-0.1, -0.05) is 18.2 Å². The zero-order chi connectivity index (χ0) is 20.5. The fourth-order valence-electron chi connectivity index (χ4n) is 3.07. The van der Waals surface area contributed by atoms with Gasteiger partial charge < -0.3 is 15.2 Å². The van der Waals surface area contributed by atoms with Crippen LogP contribution in [0.15, 0.2) is 48.5 Å². The highest BCUT2D eigenvalue weighted by molar-refractivity contribution is 6.07. The van der Waals surface area contributed by atoms with Crippen LogP contribution in [0.5, 0.6) is 0 Å². The van der Waals surface area contributed by atoms with Crippen molar-refractivity contribution in [2.24, 2.45) is 0 Å². The van der Waals surface area contributed by atoms with Crippen LogP contribution < -0.4 is 10.2 Å². The average molecular weight is 382 g/mol. The maximum Gasteiger partial charge on any atom is 0.408 e. The van der Waals surface area contributed by atoms with Gasteiger partial charge in [0, 0.05) is 12.1 Å². The first-order valence-corrected chi connectivity index (χ1v) is 8.90. The van der Waals surface area contributed by atoms with Gasteiger partial charge in [0.2, 0.25) is 0 Å². The number of carbonyl (C=O) groups is 3. The molecule has 0 aromatic heterocycles. The summed E-state index contributed by atoms with van der Waals surface area (Å²) < 4.78 is 5.27. The number of carbonyl (C=O) groups excluding carboxylic acids is 2. The molecule has 1 unspecified atom stereocenters. The first-order chi connectivity index (χ1) is 13.2. The number of carboxylic acid groups (broad SMARTS) is 1. The number of alkyl carbamates (subject to hydrolysis) is 1. The molecule has 0 spiro atoms. The highest BCUT2D eigenvalue weighted by atomic mass is 16.6. The van der Waals surface area contributed by atoms with Crippen LogP contribution in [0.25, 0.3) is 0 Å². The summed E-state index contributed by atoms with van der Waals surface area (Å²) in [5, 5.41) is 11.7. The smallest absolute Gasteiger partial charge is 0.408 e. The van der Waals surface area contributed by atoms with Gasteiger partial charge in [-0.15, -0.1) is 0 Å². The molecule has 2 aromatic carbocycles. The van der Waals surface area contributed by atoms with Crippen molar-refractivity contribution in [2.75, 3.05) is 4.90 Å². The molecule has 7 nitrogen and oxygen atoms in total. The summed E-state index contributed by atoms with van der Waals surface area (Å²) in [6.07, 6.45) is -0.316. The normalized spacial score (nSPS) is 16.3. The second-order valence-corrected chi connectivity index (χ2v) is 7.56. The second kappa shape index (κ2) is 7.34. The molecule has 0 fully saturated rings. The summed E-state index contributed by atoms with van der Waals surface area (Å²) in [6.45, 7) is 5.25. The van der Waals surface area contributed by atoms with Gasteiger partial charge in [0.1, 0.15) is 11.6 Å². The molecule has 7 heteroatoms. The zero-order valence-corrected chi connectivity index (χ0v) is 15.9. The van der Waals surface area contributed by atoms with E-state index in [4.69, 9.17) is 9.84 Å². The summed E-state index contributed by atoms with van der Waals surface area (Å²) in [5.74, 6) is -1.35. The average Bonchev–Trinajstić information content (AvgIpc) is 2.61. The minimum Gasteiger partial charge on any atom is -0.478 e. The van der Waals surface area contributed by atoms with E-state index in [1.807, 2.05) is 24.3 Å². The number of fused-ring (bicyclic) bond motifs is 1. The number of para-hydroxylation sites is 1. The maximum atomic E-state index is 13.1. The van der Waals surface area contributed by atoms with Crippen molar-refractivity contribution in [1.82, 2.24) is 5.32 Å². The Labute approximate surface area is 162 Å². The fraction of sp³-hybridized carbons (Fsp3) is 0.286. The molecular weight excluding hydrogens is 360 g/mol. The van der Waals surface area contributed by atoms with E-state index < -0.39 is 23.7 Å².